The quantitative estimate of drug-likeness (QED) is 0.617. The smallest absolute Gasteiger partial charge is 0.254 e. The summed E-state index contributed by atoms with van der Waals surface area (Å²) in [6.45, 7) is 3.35. The molecular formula is C23H31N3O3. The molecule has 6 nitrogen and oxygen atoms in total. The average molecular weight is 398 g/mol. The van der Waals surface area contributed by atoms with Crippen LogP contribution in [0, 0.1) is 0 Å². The molecule has 1 aromatic carbocycles. The summed E-state index contributed by atoms with van der Waals surface area (Å²) < 4.78 is 7.29. The molecule has 1 heterocycles. The average Bonchev–Trinajstić information content (AvgIpc) is 3.50. The number of aromatic nitrogens is 1. The van der Waals surface area contributed by atoms with Gasteiger partial charge in [0, 0.05) is 37.1 Å². The zero-order valence-electron chi connectivity index (χ0n) is 17.6. The summed E-state index contributed by atoms with van der Waals surface area (Å²) in [7, 11) is 3.57. The molecule has 2 aromatic rings. The van der Waals surface area contributed by atoms with E-state index < -0.39 is 0 Å². The Morgan fingerprint density at radius 2 is 2.00 bits per heavy atom. The molecule has 1 aliphatic carbocycles. The van der Waals surface area contributed by atoms with E-state index in [0.717, 1.165) is 31.4 Å². The van der Waals surface area contributed by atoms with Gasteiger partial charge in [0.15, 0.2) is 0 Å². The molecule has 1 aliphatic rings. The van der Waals surface area contributed by atoms with Gasteiger partial charge in [0.1, 0.15) is 12.3 Å². The third-order valence-corrected chi connectivity index (χ3v) is 5.40. The second-order valence-electron chi connectivity index (χ2n) is 7.68. The molecule has 0 radical (unpaired) electrons. The van der Waals surface area contributed by atoms with Crippen molar-refractivity contribution in [1.29, 1.82) is 0 Å². The number of aryl methyl sites for hydroxylation is 1. The van der Waals surface area contributed by atoms with Gasteiger partial charge in [-0.05, 0) is 49.6 Å². The van der Waals surface area contributed by atoms with Crippen LogP contribution in [0.2, 0.25) is 0 Å². The Balaban J connectivity index is 1.74. The van der Waals surface area contributed by atoms with Crippen LogP contribution in [0.15, 0.2) is 42.6 Å². The minimum Gasteiger partial charge on any atom is -0.497 e. The Morgan fingerprint density at radius 1 is 1.21 bits per heavy atom. The molecule has 0 saturated heterocycles. The van der Waals surface area contributed by atoms with E-state index in [1.165, 1.54) is 0 Å². The van der Waals surface area contributed by atoms with Gasteiger partial charge in [-0.3, -0.25) is 9.59 Å². The molecule has 6 heteroatoms. The number of methoxy groups -OCH3 is 1. The molecule has 0 atom stereocenters. The number of carbonyl (C=O) groups excluding carboxylic acids is 2. The molecule has 1 saturated carbocycles. The summed E-state index contributed by atoms with van der Waals surface area (Å²) in [4.78, 5) is 29.9. The predicted octanol–water partition coefficient (Wildman–Crippen LogP) is 3.47. The normalized spacial score (nSPS) is 13.2. The van der Waals surface area contributed by atoms with Gasteiger partial charge in [-0.15, -0.1) is 0 Å². The molecule has 29 heavy (non-hydrogen) atoms. The largest absolute Gasteiger partial charge is 0.497 e. The van der Waals surface area contributed by atoms with Crippen molar-refractivity contribution in [3.8, 4) is 5.75 Å². The zero-order valence-corrected chi connectivity index (χ0v) is 17.6. The molecule has 0 bridgehead atoms. The van der Waals surface area contributed by atoms with Gasteiger partial charge in [0.25, 0.3) is 5.91 Å². The summed E-state index contributed by atoms with van der Waals surface area (Å²) in [5.74, 6) is 0.530. The van der Waals surface area contributed by atoms with Crippen molar-refractivity contribution in [1.82, 2.24) is 14.4 Å². The van der Waals surface area contributed by atoms with E-state index in [0.29, 0.717) is 24.4 Å². The third-order valence-electron chi connectivity index (χ3n) is 5.40. The second kappa shape index (κ2) is 9.63. The van der Waals surface area contributed by atoms with E-state index >= 15 is 0 Å². The van der Waals surface area contributed by atoms with Crippen molar-refractivity contribution in [2.45, 2.75) is 45.2 Å². The first-order valence-electron chi connectivity index (χ1n) is 10.4. The Labute approximate surface area is 173 Å². The molecule has 1 fully saturated rings. The number of rotatable bonds is 10. The molecule has 2 amide bonds. The summed E-state index contributed by atoms with van der Waals surface area (Å²) >= 11 is 0. The van der Waals surface area contributed by atoms with Crippen molar-refractivity contribution in [2.75, 3.05) is 20.2 Å². The Bertz CT molecular complexity index is 841. The zero-order chi connectivity index (χ0) is 20.8. The maximum atomic E-state index is 13.2. The highest BCUT2D eigenvalue weighted by Gasteiger charge is 2.34. The van der Waals surface area contributed by atoms with Gasteiger partial charge in [-0.25, -0.2) is 0 Å². The maximum absolute atomic E-state index is 13.2. The van der Waals surface area contributed by atoms with Gasteiger partial charge in [-0.2, -0.15) is 0 Å². The number of hydrogen-bond donors (Lipinski definition) is 0. The van der Waals surface area contributed by atoms with Crippen LogP contribution in [0.3, 0.4) is 0 Å². The minimum atomic E-state index is -0.125. The van der Waals surface area contributed by atoms with E-state index in [4.69, 9.17) is 4.74 Å². The standard InChI is InChI=1S/C23H31N3O3/c1-4-5-14-25(23(28)18-8-6-10-21(15-18)29-3)17-22(27)26(19-11-12-19)16-20-9-7-13-24(20)2/h6-10,13,15,19H,4-5,11-12,14,16-17H2,1-3H3. The summed E-state index contributed by atoms with van der Waals surface area (Å²) in [5.41, 5.74) is 1.65. The number of unbranched alkanes of at least 4 members (excludes halogenated alkanes) is 1. The first-order chi connectivity index (χ1) is 14.0. The lowest BCUT2D eigenvalue weighted by Crippen LogP contribution is -2.44. The lowest BCUT2D eigenvalue weighted by molar-refractivity contribution is -0.133. The first-order valence-corrected chi connectivity index (χ1v) is 10.4. The molecule has 0 unspecified atom stereocenters. The molecule has 0 N–H and O–H groups in total. The van der Waals surface area contributed by atoms with Gasteiger partial charge in [-0.1, -0.05) is 19.4 Å². The summed E-state index contributed by atoms with van der Waals surface area (Å²) in [6, 6.07) is 11.4. The maximum Gasteiger partial charge on any atom is 0.254 e. The van der Waals surface area contributed by atoms with Crippen LogP contribution in [0.25, 0.3) is 0 Å². The van der Waals surface area contributed by atoms with Crippen LogP contribution in [-0.2, 0) is 18.4 Å². The number of nitrogens with zero attached hydrogens (tertiary/aromatic N) is 3. The van der Waals surface area contributed by atoms with E-state index in [-0.39, 0.29) is 24.4 Å². The Morgan fingerprint density at radius 3 is 2.62 bits per heavy atom. The Kier molecular flexibility index (Phi) is 6.96. The highest BCUT2D eigenvalue weighted by molar-refractivity contribution is 5.96. The molecule has 0 spiro atoms. The number of ether oxygens (including phenoxy) is 1. The third kappa shape index (κ3) is 5.40. The lowest BCUT2D eigenvalue weighted by Gasteiger charge is -2.28. The fourth-order valence-electron chi connectivity index (χ4n) is 3.44. The van der Waals surface area contributed by atoms with Crippen molar-refractivity contribution in [3.05, 3.63) is 53.9 Å². The summed E-state index contributed by atoms with van der Waals surface area (Å²) in [6.07, 6.45) is 5.89. The second-order valence-corrected chi connectivity index (χ2v) is 7.68. The summed E-state index contributed by atoms with van der Waals surface area (Å²) in [5, 5.41) is 0. The van der Waals surface area contributed by atoms with Crippen molar-refractivity contribution >= 4 is 11.8 Å². The fraction of sp³-hybridized carbons (Fsp3) is 0.478. The van der Waals surface area contributed by atoms with E-state index in [2.05, 4.69) is 6.92 Å². The number of benzene rings is 1. The van der Waals surface area contributed by atoms with Gasteiger partial charge < -0.3 is 19.1 Å². The predicted molar refractivity (Wildman–Crippen MR) is 113 cm³/mol. The highest BCUT2D eigenvalue weighted by Crippen LogP contribution is 2.29. The van der Waals surface area contributed by atoms with Crippen LogP contribution >= 0.6 is 0 Å². The van der Waals surface area contributed by atoms with Gasteiger partial charge in [0.05, 0.1) is 13.7 Å². The highest BCUT2D eigenvalue weighted by atomic mass is 16.5. The van der Waals surface area contributed by atoms with Gasteiger partial charge in [0.2, 0.25) is 5.91 Å². The van der Waals surface area contributed by atoms with E-state index in [9.17, 15) is 9.59 Å². The molecule has 0 aliphatic heterocycles. The number of hydrogen-bond acceptors (Lipinski definition) is 3. The number of amides is 2. The van der Waals surface area contributed by atoms with Crippen molar-refractivity contribution in [3.63, 3.8) is 0 Å². The number of carbonyl (C=O) groups is 2. The van der Waals surface area contributed by atoms with Crippen molar-refractivity contribution in [2.24, 2.45) is 7.05 Å². The van der Waals surface area contributed by atoms with Crippen LogP contribution in [0.4, 0.5) is 0 Å². The topological polar surface area (TPSA) is 54.8 Å². The molecular weight excluding hydrogens is 366 g/mol. The van der Waals surface area contributed by atoms with Gasteiger partial charge >= 0.3 is 0 Å². The molecule has 156 valence electrons. The van der Waals surface area contributed by atoms with Crippen LogP contribution in [0.5, 0.6) is 5.75 Å². The van der Waals surface area contributed by atoms with E-state index in [1.54, 1.807) is 30.2 Å². The first kappa shape index (κ1) is 21.0. The van der Waals surface area contributed by atoms with E-state index in [1.807, 2.05) is 40.9 Å². The Hall–Kier alpha value is -2.76. The van der Waals surface area contributed by atoms with Crippen molar-refractivity contribution < 1.29 is 14.3 Å². The SMILES string of the molecule is CCCCN(CC(=O)N(Cc1cccn1C)C1CC1)C(=O)c1cccc(OC)c1. The minimum absolute atomic E-state index is 0.0149. The molecule has 3 rings (SSSR count). The monoisotopic (exact) mass is 397 g/mol. The lowest BCUT2D eigenvalue weighted by atomic mass is 10.1. The fourth-order valence-corrected chi connectivity index (χ4v) is 3.44. The van der Waals surface area contributed by atoms with Crippen LogP contribution in [0.1, 0.15) is 48.7 Å². The van der Waals surface area contributed by atoms with Crippen LogP contribution < -0.4 is 4.74 Å². The molecule has 1 aromatic heterocycles. The van der Waals surface area contributed by atoms with Crippen LogP contribution in [-0.4, -0.2) is 52.4 Å².